The number of carbonyl (C=O) groups is 1. The van der Waals surface area contributed by atoms with Gasteiger partial charge in [0.1, 0.15) is 5.82 Å². The molecule has 0 aliphatic heterocycles. The Labute approximate surface area is 177 Å². The maximum atomic E-state index is 14.4. The molecule has 0 bridgehead atoms. The molecule has 2 heterocycles. The molecule has 1 fully saturated rings. The Bertz CT molecular complexity index is 952. The van der Waals surface area contributed by atoms with Crippen molar-refractivity contribution < 1.29 is 9.18 Å². The van der Waals surface area contributed by atoms with Crippen LogP contribution >= 0.6 is 23.1 Å². The summed E-state index contributed by atoms with van der Waals surface area (Å²) in [6, 6.07) is 10.9. The molecule has 1 saturated carbocycles. The molecule has 1 N–H and O–H groups in total. The molecule has 1 aliphatic carbocycles. The summed E-state index contributed by atoms with van der Waals surface area (Å²) in [5.41, 5.74) is 0.458. The fourth-order valence-electron chi connectivity index (χ4n) is 3.65. The van der Waals surface area contributed by atoms with Crippen LogP contribution in [0.1, 0.15) is 43.0 Å². The van der Waals surface area contributed by atoms with Gasteiger partial charge in [-0.15, -0.1) is 21.5 Å². The average molecular weight is 431 g/mol. The van der Waals surface area contributed by atoms with Gasteiger partial charge in [-0.1, -0.05) is 49.2 Å². The molecule has 8 heteroatoms. The summed E-state index contributed by atoms with van der Waals surface area (Å²) in [7, 11) is 0. The van der Waals surface area contributed by atoms with Gasteiger partial charge in [0.05, 0.1) is 17.9 Å². The number of rotatable bonds is 7. The Balaban J connectivity index is 1.51. The van der Waals surface area contributed by atoms with Crippen molar-refractivity contribution >= 4 is 29.0 Å². The van der Waals surface area contributed by atoms with E-state index in [0.29, 0.717) is 23.1 Å². The highest BCUT2D eigenvalue weighted by molar-refractivity contribution is 7.99. The molecule has 152 valence electrons. The Morgan fingerprint density at radius 3 is 2.76 bits per heavy atom. The van der Waals surface area contributed by atoms with E-state index in [4.69, 9.17) is 0 Å². The van der Waals surface area contributed by atoms with Crippen molar-refractivity contribution in [2.75, 3.05) is 5.75 Å². The highest BCUT2D eigenvalue weighted by atomic mass is 32.2. The number of carbonyl (C=O) groups excluding carboxylic acids is 1. The average Bonchev–Trinajstić information content (AvgIpc) is 3.41. The molecule has 0 radical (unpaired) electrons. The first-order chi connectivity index (χ1) is 14.2. The van der Waals surface area contributed by atoms with Crippen LogP contribution in [0.5, 0.6) is 0 Å². The molecule has 2 aromatic heterocycles. The Kier molecular flexibility index (Phi) is 6.61. The van der Waals surface area contributed by atoms with E-state index in [0.717, 1.165) is 30.6 Å². The molecule has 3 aromatic rings. The minimum absolute atomic E-state index is 0.0472. The van der Waals surface area contributed by atoms with Gasteiger partial charge < -0.3 is 5.32 Å². The van der Waals surface area contributed by atoms with Crippen LogP contribution in [-0.4, -0.2) is 26.4 Å². The number of benzene rings is 1. The third kappa shape index (κ3) is 4.87. The maximum absolute atomic E-state index is 14.4. The second-order valence-electron chi connectivity index (χ2n) is 7.09. The number of nitrogens with zero attached hydrogens (tertiary/aromatic N) is 3. The van der Waals surface area contributed by atoms with Crippen LogP contribution in [-0.2, 0) is 11.3 Å². The number of hydrogen-bond donors (Lipinski definition) is 1. The van der Waals surface area contributed by atoms with Crippen molar-refractivity contribution in [3.05, 3.63) is 52.5 Å². The first-order valence-corrected chi connectivity index (χ1v) is 11.7. The van der Waals surface area contributed by atoms with Gasteiger partial charge in [-0.2, -0.15) is 0 Å². The first kappa shape index (κ1) is 20.1. The maximum Gasteiger partial charge on any atom is 0.230 e. The zero-order valence-electron chi connectivity index (χ0n) is 16.0. The Hall–Kier alpha value is -2.19. The van der Waals surface area contributed by atoms with Crippen LogP contribution in [0, 0.1) is 5.82 Å². The fourth-order valence-corrected chi connectivity index (χ4v) is 5.13. The van der Waals surface area contributed by atoms with Crippen molar-refractivity contribution in [2.24, 2.45) is 0 Å². The van der Waals surface area contributed by atoms with Gasteiger partial charge in [0.25, 0.3) is 0 Å². The molecule has 1 amide bonds. The van der Waals surface area contributed by atoms with Gasteiger partial charge in [-0.25, -0.2) is 4.39 Å². The van der Waals surface area contributed by atoms with Crippen molar-refractivity contribution in [3.8, 4) is 11.4 Å². The number of aromatic nitrogens is 3. The van der Waals surface area contributed by atoms with Crippen LogP contribution in [0.4, 0.5) is 4.39 Å². The molecule has 1 aliphatic rings. The lowest BCUT2D eigenvalue weighted by Gasteiger charge is -2.25. The molecule has 0 spiro atoms. The van der Waals surface area contributed by atoms with E-state index in [1.165, 1.54) is 24.2 Å². The SMILES string of the molecule is O=C(CSc1nnc(-c2ccccc2F)n1C1CCCCC1)NCc1cccs1. The first-order valence-electron chi connectivity index (χ1n) is 9.84. The largest absolute Gasteiger partial charge is 0.350 e. The minimum atomic E-state index is -0.304. The van der Waals surface area contributed by atoms with Crippen molar-refractivity contribution in [1.82, 2.24) is 20.1 Å². The monoisotopic (exact) mass is 430 g/mol. The van der Waals surface area contributed by atoms with E-state index in [-0.39, 0.29) is 23.5 Å². The summed E-state index contributed by atoms with van der Waals surface area (Å²) in [5, 5.41) is 14.2. The van der Waals surface area contributed by atoms with Gasteiger partial charge in [0.2, 0.25) is 5.91 Å². The minimum Gasteiger partial charge on any atom is -0.350 e. The zero-order valence-corrected chi connectivity index (χ0v) is 17.6. The van der Waals surface area contributed by atoms with Crippen LogP contribution in [0.3, 0.4) is 0 Å². The van der Waals surface area contributed by atoms with Gasteiger partial charge in [-0.05, 0) is 36.4 Å². The molecule has 4 rings (SSSR count). The van der Waals surface area contributed by atoms with E-state index in [9.17, 15) is 9.18 Å². The van der Waals surface area contributed by atoms with Crippen LogP contribution in [0.2, 0.25) is 0 Å². The van der Waals surface area contributed by atoms with Crippen LogP contribution in [0.15, 0.2) is 46.9 Å². The highest BCUT2D eigenvalue weighted by Gasteiger charge is 2.25. The molecule has 0 saturated heterocycles. The topological polar surface area (TPSA) is 59.8 Å². The molecule has 0 unspecified atom stereocenters. The van der Waals surface area contributed by atoms with Crippen molar-refractivity contribution in [3.63, 3.8) is 0 Å². The van der Waals surface area contributed by atoms with Gasteiger partial charge >= 0.3 is 0 Å². The van der Waals surface area contributed by atoms with E-state index < -0.39 is 0 Å². The lowest BCUT2D eigenvalue weighted by Crippen LogP contribution is -2.24. The third-order valence-electron chi connectivity index (χ3n) is 5.09. The number of hydrogen-bond acceptors (Lipinski definition) is 5. The van der Waals surface area contributed by atoms with Gasteiger partial charge in [-0.3, -0.25) is 9.36 Å². The summed E-state index contributed by atoms with van der Waals surface area (Å²) >= 11 is 2.99. The highest BCUT2D eigenvalue weighted by Crippen LogP contribution is 2.36. The number of halogens is 1. The summed E-state index contributed by atoms with van der Waals surface area (Å²) in [6.45, 7) is 0.535. The van der Waals surface area contributed by atoms with Gasteiger partial charge in [0.15, 0.2) is 11.0 Å². The predicted molar refractivity (Wildman–Crippen MR) is 114 cm³/mol. The fraction of sp³-hybridized carbons (Fsp3) is 0.381. The molecule has 1 aromatic carbocycles. The molecule has 5 nitrogen and oxygen atoms in total. The molecular formula is C21H23FN4OS2. The lowest BCUT2D eigenvalue weighted by molar-refractivity contribution is -0.118. The second kappa shape index (κ2) is 9.54. The quantitative estimate of drug-likeness (QED) is 0.532. The van der Waals surface area contributed by atoms with E-state index >= 15 is 0 Å². The van der Waals surface area contributed by atoms with Gasteiger partial charge in [0, 0.05) is 10.9 Å². The van der Waals surface area contributed by atoms with E-state index in [1.54, 1.807) is 23.5 Å². The summed E-state index contributed by atoms with van der Waals surface area (Å²) in [5.74, 6) is 0.459. The van der Waals surface area contributed by atoms with Crippen LogP contribution < -0.4 is 5.32 Å². The van der Waals surface area contributed by atoms with Crippen molar-refractivity contribution in [2.45, 2.75) is 49.8 Å². The number of amides is 1. The lowest BCUT2D eigenvalue weighted by atomic mass is 9.95. The molecular weight excluding hydrogens is 407 g/mol. The smallest absolute Gasteiger partial charge is 0.230 e. The standard InChI is InChI=1S/C21H23FN4OS2/c22-18-11-5-4-10-17(18)20-24-25-21(26(20)15-7-2-1-3-8-15)29-14-19(27)23-13-16-9-6-12-28-16/h4-6,9-12,15H,1-3,7-8,13-14H2,(H,23,27). The number of thiophene rings is 1. The van der Waals surface area contributed by atoms with Crippen molar-refractivity contribution in [1.29, 1.82) is 0 Å². The summed E-state index contributed by atoms with van der Waals surface area (Å²) in [4.78, 5) is 13.4. The Morgan fingerprint density at radius 1 is 1.17 bits per heavy atom. The summed E-state index contributed by atoms with van der Waals surface area (Å²) < 4.78 is 16.5. The summed E-state index contributed by atoms with van der Waals surface area (Å²) in [6.07, 6.45) is 5.56. The Morgan fingerprint density at radius 2 is 2.00 bits per heavy atom. The normalized spacial score (nSPS) is 14.8. The molecule has 0 atom stereocenters. The van der Waals surface area contributed by atoms with E-state index in [1.807, 2.05) is 23.6 Å². The number of nitrogens with one attached hydrogen (secondary N) is 1. The van der Waals surface area contributed by atoms with Crippen LogP contribution in [0.25, 0.3) is 11.4 Å². The van der Waals surface area contributed by atoms with E-state index in [2.05, 4.69) is 20.1 Å². The molecule has 29 heavy (non-hydrogen) atoms. The predicted octanol–water partition coefficient (Wildman–Crippen LogP) is 5.06. The zero-order chi connectivity index (χ0) is 20.1. The third-order valence-corrected chi connectivity index (χ3v) is 6.91. The second-order valence-corrected chi connectivity index (χ2v) is 9.07. The number of thioether (sulfide) groups is 1.